The Morgan fingerprint density at radius 3 is 2.15 bits per heavy atom. The standard InChI is InChI=1S/C18H20Cl2N2O3S/c1-18(2,3)21-17(23)12-7-4-5-10-16(12)22-26(24,25)11-13-14(19)8-6-9-15(13)20/h4-10,22H,11H2,1-3H3,(H,21,23). The van der Waals surface area contributed by atoms with Crippen molar-refractivity contribution in [3.8, 4) is 0 Å². The average molecular weight is 415 g/mol. The number of sulfonamides is 1. The summed E-state index contributed by atoms with van der Waals surface area (Å²) >= 11 is 12.1. The first-order chi connectivity index (χ1) is 12.0. The summed E-state index contributed by atoms with van der Waals surface area (Å²) in [5, 5.41) is 3.34. The number of para-hydroxylation sites is 1. The van der Waals surface area contributed by atoms with Crippen molar-refractivity contribution in [2.24, 2.45) is 0 Å². The molecule has 2 N–H and O–H groups in total. The number of hydrogen-bond donors (Lipinski definition) is 2. The van der Waals surface area contributed by atoms with Crippen LogP contribution in [-0.4, -0.2) is 19.9 Å². The number of anilines is 1. The van der Waals surface area contributed by atoms with Crippen molar-refractivity contribution < 1.29 is 13.2 Å². The van der Waals surface area contributed by atoms with Gasteiger partial charge in [0.2, 0.25) is 10.0 Å². The SMILES string of the molecule is CC(C)(C)NC(=O)c1ccccc1NS(=O)(=O)Cc1c(Cl)cccc1Cl. The van der Waals surface area contributed by atoms with E-state index >= 15 is 0 Å². The van der Waals surface area contributed by atoms with E-state index in [9.17, 15) is 13.2 Å². The molecule has 0 fully saturated rings. The van der Waals surface area contributed by atoms with E-state index in [1.165, 1.54) is 6.07 Å². The molecule has 0 bridgehead atoms. The lowest BCUT2D eigenvalue weighted by molar-refractivity contribution is 0.0920. The lowest BCUT2D eigenvalue weighted by atomic mass is 10.1. The van der Waals surface area contributed by atoms with Gasteiger partial charge in [0.05, 0.1) is 17.0 Å². The van der Waals surface area contributed by atoms with Crippen molar-refractivity contribution in [1.29, 1.82) is 0 Å². The Hall–Kier alpha value is -1.76. The number of benzene rings is 2. The predicted octanol–water partition coefficient (Wildman–Crippen LogP) is 4.46. The molecule has 0 aliphatic rings. The van der Waals surface area contributed by atoms with E-state index in [4.69, 9.17) is 23.2 Å². The molecule has 2 aromatic rings. The van der Waals surface area contributed by atoms with Crippen LogP contribution in [0.5, 0.6) is 0 Å². The fourth-order valence-corrected chi connectivity index (χ4v) is 4.21. The zero-order chi connectivity index (χ0) is 19.5. The van der Waals surface area contributed by atoms with Gasteiger partial charge in [-0.1, -0.05) is 41.4 Å². The summed E-state index contributed by atoms with van der Waals surface area (Å²) < 4.78 is 27.6. The van der Waals surface area contributed by atoms with Crippen molar-refractivity contribution in [2.45, 2.75) is 32.1 Å². The molecule has 140 valence electrons. The van der Waals surface area contributed by atoms with Gasteiger partial charge in [0.25, 0.3) is 5.91 Å². The number of carbonyl (C=O) groups is 1. The average Bonchev–Trinajstić information content (AvgIpc) is 2.49. The van der Waals surface area contributed by atoms with Crippen LogP contribution in [0.2, 0.25) is 10.0 Å². The molecule has 0 heterocycles. The number of rotatable bonds is 5. The maximum Gasteiger partial charge on any atom is 0.253 e. The number of amides is 1. The third kappa shape index (κ3) is 5.62. The first-order valence-electron chi connectivity index (χ1n) is 7.83. The minimum absolute atomic E-state index is 0.192. The summed E-state index contributed by atoms with van der Waals surface area (Å²) in [5.74, 6) is -0.771. The molecule has 0 radical (unpaired) electrons. The molecule has 0 aliphatic carbocycles. The van der Waals surface area contributed by atoms with Gasteiger partial charge in [-0.05, 0) is 45.0 Å². The molecule has 0 saturated carbocycles. The van der Waals surface area contributed by atoms with E-state index in [1.807, 2.05) is 20.8 Å². The highest BCUT2D eigenvalue weighted by Crippen LogP contribution is 2.27. The van der Waals surface area contributed by atoms with Gasteiger partial charge in [-0.3, -0.25) is 9.52 Å². The summed E-state index contributed by atoms with van der Waals surface area (Å²) in [5.41, 5.74) is 0.280. The summed E-state index contributed by atoms with van der Waals surface area (Å²) in [4.78, 5) is 12.4. The molecule has 5 nitrogen and oxygen atoms in total. The van der Waals surface area contributed by atoms with Gasteiger partial charge in [0, 0.05) is 21.1 Å². The Labute approximate surface area is 163 Å². The highest BCUT2D eigenvalue weighted by molar-refractivity contribution is 7.91. The van der Waals surface area contributed by atoms with E-state index in [-0.39, 0.29) is 27.2 Å². The molecule has 1 amide bonds. The molecule has 0 atom stereocenters. The third-order valence-electron chi connectivity index (χ3n) is 3.32. The maximum atomic E-state index is 12.6. The van der Waals surface area contributed by atoms with Crippen LogP contribution in [0, 0.1) is 0 Å². The van der Waals surface area contributed by atoms with Crippen LogP contribution in [0.4, 0.5) is 5.69 Å². The fraction of sp³-hybridized carbons (Fsp3) is 0.278. The van der Waals surface area contributed by atoms with Gasteiger partial charge in [0.15, 0.2) is 0 Å². The first kappa shape index (κ1) is 20.6. The fourth-order valence-electron chi connectivity index (χ4n) is 2.24. The first-order valence-corrected chi connectivity index (χ1v) is 10.2. The Bertz CT molecular complexity index is 902. The Kier molecular flexibility index (Phi) is 6.21. The Balaban J connectivity index is 2.29. The topological polar surface area (TPSA) is 75.3 Å². The summed E-state index contributed by atoms with van der Waals surface area (Å²) in [6.45, 7) is 5.53. The lowest BCUT2D eigenvalue weighted by Crippen LogP contribution is -2.40. The molecule has 0 saturated heterocycles. The third-order valence-corrected chi connectivity index (χ3v) is 5.23. The highest BCUT2D eigenvalue weighted by Gasteiger charge is 2.21. The van der Waals surface area contributed by atoms with Crippen LogP contribution in [0.15, 0.2) is 42.5 Å². The van der Waals surface area contributed by atoms with Gasteiger partial charge in [-0.15, -0.1) is 0 Å². The molecule has 0 aliphatic heterocycles. The highest BCUT2D eigenvalue weighted by atomic mass is 35.5. The van der Waals surface area contributed by atoms with Crippen LogP contribution >= 0.6 is 23.2 Å². The normalized spacial score (nSPS) is 11.9. The molecule has 0 aromatic heterocycles. The van der Waals surface area contributed by atoms with Crippen molar-refractivity contribution in [3.63, 3.8) is 0 Å². The van der Waals surface area contributed by atoms with E-state index < -0.39 is 21.3 Å². The van der Waals surface area contributed by atoms with Gasteiger partial charge >= 0.3 is 0 Å². The molecule has 0 spiro atoms. The molecule has 0 unspecified atom stereocenters. The molecule has 2 aromatic carbocycles. The molecular formula is C18H20Cl2N2O3S. The number of hydrogen-bond acceptors (Lipinski definition) is 3. The van der Waals surface area contributed by atoms with Crippen molar-refractivity contribution in [3.05, 3.63) is 63.6 Å². The van der Waals surface area contributed by atoms with Crippen LogP contribution in [-0.2, 0) is 15.8 Å². The maximum absolute atomic E-state index is 12.6. The second kappa shape index (κ2) is 7.86. The lowest BCUT2D eigenvalue weighted by Gasteiger charge is -2.21. The van der Waals surface area contributed by atoms with Gasteiger partial charge in [-0.25, -0.2) is 8.42 Å². The molecule has 8 heteroatoms. The van der Waals surface area contributed by atoms with E-state index in [0.29, 0.717) is 5.56 Å². The van der Waals surface area contributed by atoms with Gasteiger partial charge in [0.1, 0.15) is 0 Å². The van der Waals surface area contributed by atoms with Gasteiger partial charge in [-0.2, -0.15) is 0 Å². The molecule has 2 rings (SSSR count). The van der Waals surface area contributed by atoms with Crippen LogP contribution in [0.25, 0.3) is 0 Å². The Morgan fingerprint density at radius 2 is 1.58 bits per heavy atom. The zero-order valence-electron chi connectivity index (χ0n) is 14.6. The van der Waals surface area contributed by atoms with Crippen LogP contribution in [0.3, 0.4) is 0 Å². The molecule has 26 heavy (non-hydrogen) atoms. The summed E-state index contributed by atoms with van der Waals surface area (Å²) in [7, 11) is -3.83. The predicted molar refractivity (Wildman–Crippen MR) is 106 cm³/mol. The van der Waals surface area contributed by atoms with E-state index in [0.717, 1.165) is 0 Å². The van der Waals surface area contributed by atoms with E-state index in [1.54, 1.807) is 36.4 Å². The van der Waals surface area contributed by atoms with E-state index in [2.05, 4.69) is 10.0 Å². The minimum Gasteiger partial charge on any atom is -0.347 e. The Morgan fingerprint density at radius 1 is 1.00 bits per heavy atom. The summed E-state index contributed by atoms with van der Waals surface area (Å²) in [6, 6.07) is 11.2. The largest absolute Gasteiger partial charge is 0.347 e. The van der Waals surface area contributed by atoms with Gasteiger partial charge < -0.3 is 5.32 Å². The van der Waals surface area contributed by atoms with Crippen molar-refractivity contribution >= 4 is 44.8 Å². The van der Waals surface area contributed by atoms with Crippen molar-refractivity contribution in [1.82, 2.24) is 5.32 Å². The quantitative estimate of drug-likeness (QED) is 0.757. The number of halogens is 2. The second-order valence-corrected chi connectivity index (χ2v) is 9.35. The monoisotopic (exact) mass is 414 g/mol. The number of nitrogens with one attached hydrogen (secondary N) is 2. The van der Waals surface area contributed by atoms with Crippen LogP contribution < -0.4 is 10.0 Å². The zero-order valence-corrected chi connectivity index (χ0v) is 17.0. The minimum atomic E-state index is -3.83. The smallest absolute Gasteiger partial charge is 0.253 e. The second-order valence-electron chi connectivity index (χ2n) is 6.81. The van der Waals surface area contributed by atoms with Crippen LogP contribution in [0.1, 0.15) is 36.7 Å². The van der Waals surface area contributed by atoms with Crippen molar-refractivity contribution in [2.75, 3.05) is 4.72 Å². The summed E-state index contributed by atoms with van der Waals surface area (Å²) in [6.07, 6.45) is 0. The number of carbonyl (C=O) groups excluding carboxylic acids is 1. The molecular weight excluding hydrogens is 395 g/mol.